The zero-order valence-corrected chi connectivity index (χ0v) is 22.0. The molecule has 1 saturated heterocycles. The third-order valence-corrected chi connectivity index (χ3v) is 6.68. The fourth-order valence-corrected chi connectivity index (χ4v) is 4.93. The van der Waals surface area contributed by atoms with Gasteiger partial charge in [0, 0.05) is 44.0 Å². The molecule has 2 aromatic rings. The van der Waals surface area contributed by atoms with Crippen LogP contribution in [0.2, 0.25) is 0 Å². The summed E-state index contributed by atoms with van der Waals surface area (Å²) in [7, 11) is 4.07. The first-order valence-electron chi connectivity index (χ1n) is 12.8. The van der Waals surface area contributed by atoms with Crippen molar-refractivity contribution in [2.75, 3.05) is 40.3 Å². The number of hydrogen-bond donors (Lipinski definition) is 1. The van der Waals surface area contributed by atoms with Crippen LogP contribution >= 0.6 is 0 Å². The summed E-state index contributed by atoms with van der Waals surface area (Å²) >= 11 is 0. The van der Waals surface area contributed by atoms with Crippen molar-refractivity contribution in [2.45, 2.75) is 59.4 Å². The van der Waals surface area contributed by atoms with Gasteiger partial charge >= 0.3 is 0 Å². The predicted octanol–water partition coefficient (Wildman–Crippen LogP) is 3.14. The van der Waals surface area contributed by atoms with Gasteiger partial charge in [-0.1, -0.05) is 51.8 Å². The number of aromatic nitrogens is 2. The summed E-state index contributed by atoms with van der Waals surface area (Å²) in [5.74, 6) is -0.199. The quantitative estimate of drug-likeness (QED) is 0.525. The van der Waals surface area contributed by atoms with Crippen LogP contribution in [0.5, 0.6) is 0 Å². The maximum atomic E-state index is 13.5. The highest BCUT2D eigenvalue weighted by atomic mass is 16.2. The average molecular weight is 484 g/mol. The zero-order chi connectivity index (χ0) is 25.6. The van der Waals surface area contributed by atoms with Crippen molar-refractivity contribution in [1.29, 1.82) is 0 Å². The zero-order valence-electron chi connectivity index (χ0n) is 22.0. The van der Waals surface area contributed by atoms with Gasteiger partial charge in [-0.05, 0) is 44.8 Å². The van der Waals surface area contributed by atoms with Crippen molar-refractivity contribution in [3.05, 3.63) is 40.3 Å². The molecule has 8 heteroatoms. The van der Waals surface area contributed by atoms with Crippen molar-refractivity contribution in [1.82, 2.24) is 24.9 Å². The fourth-order valence-electron chi connectivity index (χ4n) is 4.93. The van der Waals surface area contributed by atoms with Crippen molar-refractivity contribution in [3.8, 4) is 0 Å². The lowest BCUT2D eigenvalue weighted by Gasteiger charge is -2.33. The second-order valence-electron chi connectivity index (χ2n) is 10.8. The largest absolute Gasteiger partial charge is 0.355 e. The molecule has 0 radical (unpaired) electrons. The SMILES string of the molecule is CCCCCn1nc(C(=O)N2CCC(C(=O)NCC(C)(C)CN(C)C)CC2)c2ccccc2c1=O. The lowest BCUT2D eigenvalue weighted by Crippen LogP contribution is -2.46. The number of piperidine rings is 1. The molecule has 1 aliphatic rings. The van der Waals surface area contributed by atoms with E-state index in [2.05, 4.69) is 36.1 Å². The molecular weight excluding hydrogens is 442 g/mol. The molecule has 1 fully saturated rings. The van der Waals surface area contributed by atoms with E-state index in [0.717, 1.165) is 25.8 Å². The summed E-state index contributed by atoms with van der Waals surface area (Å²) in [6.45, 7) is 9.43. The molecule has 1 N–H and O–H groups in total. The monoisotopic (exact) mass is 483 g/mol. The summed E-state index contributed by atoms with van der Waals surface area (Å²) in [6.07, 6.45) is 4.15. The molecular formula is C27H41N5O3. The topological polar surface area (TPSA) is 87.5 Å². The van der Waals surface area contributed by atoms with Gasteiger partial charge in [0.2, 0.25) is 5.91 Å². The van der Waals surface area contributed by atoms with E-state index in [1.165, 1.54) is 4.68 Å². The molecule has 2 amide bonds. The number of likely N-dealkylation sites (tertiary alicyclic amines) is 1. The minimum absolute atomic E-state index is 0.0111. The molecule has 0 bridgehead atoms. The standard InChI is InChI=1S/C27H41N5O3/c1-6-7-10-15-32-25(34)22-12-9-8-11-21(22)23(29-32)26(35)31-16-13-20(14-17-31)24(33)28-18-27(2,3)19-30(4)5/h8-9,11-12,20H,6-7,10,13-19H2,1-5H3,(H,28,33). The Labute approximate surface area is 208 Å². The second-order valence-corrected chi connectivity index (χ2v) is 10.8. The van der Waals surface area contributed by atoms with Gasteiger partial charge < -0.3 is 15.1 Å². The van der Waals surface area contributed by atoms with Gasteiger partial charge in [-0.3, -0.25) is 14.4 Å². The molecule has 35 heavy (non-hydrogen) atoms. The average Bonchev–Trinajstić information content (AvgIpc) is 2.83. The molecule has 3 rings (SSSR count). The summed E-state index contributed by atoms with van der Waals surface area (Å²) in [5.41, 5.74) is 0.161. The van der Waals surface area contributed by atoms with Crippen LogP contribution in [0.4, 0.5) is 0 Å². The molecule has 0 spiro atoms. The maximum Gasteiger partial charge on any atom is 0.274 e. The van der Waals surface area contributed by atoms with Crippen LogP contribution < -0.4 is 10.9 Å². The number of carbonyl (C=O) groups is 2. The Morgan fingerprint density at radius 2 is 1.77 bits per heavy atom. The highest BCUT2D eigenvalue weighted by Gasteiger charge is 2.30. The van der Waals surface area contributed by atoms with Gasteiger partial charge in [-0.25, -0.2) is 4.68 Å². The summed E-state index contributed by atoms with van der Waals surface area (Å²) in [4.78, 5) is 43.1. The van der Waals surface area contributed by atoms with Crippen molar-refractivity contribution in [2.24, 2.45) is 11.3 Å². The third-order valence-electron chi connectivity index (χ3n) is 6.68. The summed E-state index contributed by atoms with van der Waals surface area (Å²) in [5, 5.41) is 8.75. The number of amides is 2. The molecule has 1 aromatic carbocycles. The van der Waals surface area contributed by atoms with Crippen molar-refractivity contribution >= 4 is 22.6 Å². The number of rotatable bonds is 10. The first kappa shape index (κ1) is 26.9. The summed E-state index contributed by atoms with van der Waals surface area (Å²) < 4.78 is 1.45. The van der Waals surface area contributed by atoms with Gasteiger partial charge in [-0.2, -0.15) is 5.10 Å². The Kier molecular flexibility index (Phi) is 9.05. The number of unbranched alkanes of at least 4 members (excludes halogenated alkanes) is 2. The lowest BCUT2D eigenvalue weighted by molar-refractivity contribution is -0.126. The van der Waals surface area contributed by atoms with E-state index in [1.807, 2.05) is 26.2 Å². The Bertz CT molecular complexity index is 1080. The number of carbonyl (C=O) groups excluding carboxylic acids is 2. The first-order chi connectivity index (χ1) is 16.6. The molecule has 0 unspecified atom stereocenters. The van der Waals surface area contributed by atoms with Gasteiger partial charge in [0.05, 0.1) is 5.39 Å². The van der Waals surface area contributed by atoms with E-state index in [0.29, 0.717) is 55.5 Å². The fraction of sp³-hybridized carbons (Fsp3) is 0.630. The first-order valence-corrected chi connectivity index (χ1v) is 12.8. The third kappa shape index (κ3) is 6.90. The molecule has 1 aliphatic heterocycles. The van der Waals surface area contributed by atoms with Crippen LogP contribution in [-0.2, 0) is 11.3 Å². The summed E-state index contributed by atoms with van der Waals surface area (Å²) in [6, 6.07) is 7.21. The second kappa shape index (κ2) is 11.8. The van der Waals surface area contributed by atoms with Gasteiger partial charge in [-0.15, -0.1) is 0 Å². The lowest BCUT2D eigenvalue weighted by atomic mass is 9.91. The Balaban J connectivity index is 1.68. The number of benzene rings is 1. The molecule has 0 atom stereocenters. The number of nitrogens with zero attached hydrogens (tertiary/aromatic N) is 4. The van der Waals surface area contributed by atoms with E-state index >= 15 is 0 Å². The molecule has 2 heterocycles. The Morgan fingerprint density at radius 3 is 2.40 bits per heavy atom. The van der Waals surface area contributed by atoms with E-state index < -0.39 is 0 Å². The van der Waals surface area contributed by atoms with Crippen LogP contribution in [0, 0.1) is 11.3 Å². The van der Waals surface area contributed by atoms with Crippen molar-refractivity contribution < 1.29 is 9.59 Å². The predicted molar refractivity (Wildman–Crippen MR) is 140 cm³/mol. The van der Waals surface area contributed by atoms with Crippen LogP contribution in [-0.4, -0.2) is 71.7 Å². The van der Waals surface area contributed by atoms with Crippen molar-refractivity contribution in [3.63, 3.8) is 0 Å². The molecule has 8 nitrogen and oxygen atoms in total. The highest BCUT2D eigenvalue weighted by Crippen LogP contribution is 2.22. The van der Waals surface area contributed by atoms with Gasteiger partial charge in [0.15, 0.2) is 5.69 Å². The molecule has 192 valence electrons. The smallest absolute Gasteiger partial charge is 0.274 e. The number of hydrogen-bond acceptors (Lipinski definition) is 5. The van der Waals surface area contributed by atoms with Gasteiger partial charge in [0.25, 0.3) is 11.5 Å². The maximum absolute atomic E-state index is 13.5. The number of nitrogens with one attached hydrogen (secondary N) is 1. The Hall–Kier alpha value is -2.74. The molecule has 0 saturated carbocycles. The minimum atomic E-state index is -0.170. The van der Waals surface area contributed by atoms with Crippen LogP contribution in [0.25, 0.3) is 10.8 Å². The van der Waals surface area contributed by atoms with E-state index in [4.69, 9.17) is 0 Å². The normalized spacial score (nSPS) is 15.1. The number of fused-ring (bicyclic) bond motifs is 1. The minimum Gasteiger partial charge on any atom is -0.355 e. The molecule has 1 aromatic heterocycles. The van der Waals surface area contributed by atoms with Crippen LogP contribution in [0.1, 0.15) is 63.4 Å². The van der Waals surface area contributed by atoms with E-state index in [-0.39, 0.29) is 28.7 Å². The molecule has 0 aliphatic carbocycles. The highest BCUT2D eigenvalue weighted by molar-refractivity contribution is 6.04. The number of aryl methyl sites for hydroxylation is 1. The van der Waals surface area contributed by atoms with E-state index in [1.54, 1.807) is 17.0 Å². The van der Waals surface area contributed by atoms with Gasteiger partial charge in [0.1, 0.15) is 0 Å². The van der Waals surface area contributed by atoms with Crippen LogP contribution in [0.15, 0.2) is 29.1 Å². The Morgan fingerprint density at radius 1 is 1.11 bits per heavy atom. The van der Waals surface area contributed by atoms with Crippen LogP contribution in [0.3, 0.4) is 0 Å². The van der Waals surface area contributed by atoms with E-state index in [9.17, 15) is 14.4 Å².